The van der Waals surface area contributed by atoms with Gasteiger partial charge in [0.2, 0.25) is 21.7 Å². The number of methoxy groups -OCH3 is 2. The van der Waals surface area contributed by atoms with Gasteiger partial charge >= 0.3 is 77.9 Å². The van der Waals surface area contributed by atoms with Gasteiger partial charge in [0, 0.05) is 45.3 Å². The van der Waals surface area contributed by atoms with E-state index in [9.17, 15) is 81.8 Å². The number of sulfonamides is 1. The number of ether oxygens (including phenoxy) is 5. The van der Waals surface area contributed by atoms with Crippen LogP contribution in [-0.2, 0) is 72.8 Å². The number of amides is 2. The number of carbonyl (C=O) groups is 6. The summed E-state index contributed by atoms with van der Waals surface area (Å²) in [6, 6.07) is 11.3. The number of esters is 4. The summed E-state index contributed by atoms with van der Waals surface area (Å²) in [7, 11) is -4.83. The van der Waals surface area contributed by atoms with E-state index in [4.69, 9.17) is 65.4 Å². The first kappa shape index (κ1) is 86.7. The molecule has 0 bridgehead atoms. The van der Waals surface area contributed by atoms with E-state index < -0.39 is 117 Å². The van der Waals surface area contributed by atoms with E-state index in [0.717, 1.165) is 30.0 Å². The van der Waals surface area contributed by atoms with Crippen LogP contribution >= 0.6 is 69.0 Å². The minimum absolute atomic E-state index is 0. The number of aryl methyl sites for hydroxylation is 4. The number of aromatic hydroxyl groups is 1. The largest absolute Gasteiger partial charge is 1.00 e. The number of nitrogens with zero attached hydrogens (tertiary/aromatic N) is 11. The number of ketones is 1. The fourth-order valence-electron chi connectivity index (χ4n) is 8.79. The van der Waals surface area contributed by atoms with Crippen LogP contribution in [0.1, 0.15) is 95.4 Å². The summed E-state index contributed by atoms with van der Waals surface area (Å²) in [6.45, 7) is 8.24. The van der Waals surface area contributed by atoms with Gasteiger partial charge in [-0.2, -0.15) is 46.8 Å². The molecule has 102 heavy (non-hydrogen) atoms. The fraction of sp³-hybridized carbons (Fsp3) is 0.339. The first-order valence-corrected chi connectivity index (χ1v) is 34.5. The molecule has 29 nitrogen and oxygen atoms in total. The fourth-order valence-corrected chi connectivity index (χ4v) is 12.4. The molecule has 2 N–H and O–H groups in total. The van der Waals surface area contributed by atoms with E-state index in [2.05, 4.69) is 45.0 Å². The normalized spacial score (nSPS) is 13.6. The topological polar surface area (TPSA) is 375 Å². The molecular weight excluding hydrogens is 1620 g/mol. The van der Waals surface area contributed by atoms with Crippen molar-refractivity contribution in [1.82, 2.24) is 39.1 Å². The SMILES string of the molecule is CCOC(=O)C(Cl)Cc1cc(-n2nc(C)n(C(F)F)c2=O)c(F)cc1Cl.CCOC(=O)C1=NN(c2ccc(Cl)cc2Cl)C(C)(C(=O)OCC)C1.COC(=O)c1ccc(I)cc1S(=O)(=O)[N-]C(=O)Nc1nc(C)nc(OC)n1.Cc1nn(C)c(O)c1C(=O)c1ccc(C(F)(F)F)cc1S(C)(=O)=O.[Na+]. The van der Waals surface area contributed by atoms with Gasteiger partial charge in [-0.3, -0.25) is 14.4 Å². The van der Waals surface area contributed by atoms with Crippen molar-refractivity contribution in [2.24, 2.45) is 12.1 Å². The van der Waals surface area contributed by atoms with E-state index in [1.165, 1.54) is 58.1 Å². The summed E-state index contributed by atoms with van der Waals surface area (Å²) in [4.78, 5) is 94.9. The van der Waals surface area contributed by atoms with Crippen LogP contribution in [-0.4, -0.2) is 154 Å². The smallest absolute Gasteiger partial charge is 0.493 e. The maximum atomic E-state index is 14.2. The van der Waals surface area contributed by atoms with Crippen molar-refractivity contribution in [3.05, 3.63) is 152 Å². The van der Waals surface area contributed by atoms with Crippen LogP contribution < -0.4 is 50.3 Å². The van der Waals surface area contributed by atoms with Gasteiger partial charge in [-0.25, -0.2) is 59.6 Å². The van der Waals surface area contributed by atoms with Gasteiger partial charge < -0.3 is 38.8 Å². The molecule has 0 saturated heterocycles. The average molecular weight is 1680 g/mol. The van der Waals surface area contributed by atoms with Crippen LogP contribution in [0, 0.1) is 30.2 Å². The number of carbonyl (C=O) groups excluding carboxylic acids is 6. The van der Waals surface area contributed by atoms with Gasteiger partial charge in [0.15, 0.2) is 33.2 Å². The van der Waals surface area contributed by atoms with Gasteiger partial charge in [0.25, 0.3) is 0 Å². The number of urea groups is 1. The monoisotopic (exact) mass is 1670 g/mol. The number of hydrogen-bond acceptors (Lipinski definition) is 24. The second-order valence-corrected chi connectivity index (χ2v) is 27.2. The number of alkyl halides is 6. The zero-order valence-electron chi connectivity index (χ0n) is 55.4. The number of halogens is 11. The quantitative estimate of drug-likeness (QED) is 0.0149. The van der Waals surface area contributed by atoms with Crippen LogP contribution in [0.15, 0.2) is 86.4 Å². The van der Waals surface area contributed by atoms with Gasteiger partial charge in [-0.1, -0.05) is 34.8 Å². The Morgan fingerprint density at radius 1 is 0.814 bits per heavy atom. The first-order valence-electron chi connectivity index (χ1n) is 28.5. The van der Waals surface area contributed by atoms with E-state index in [-0.39, 0.29) is 129 Å². The van der Waals surface area contributed by atoms with E-state index in [1.54, 1.807) is 45.9 Å². The van der Waals surface area contributed by atoms with E-state index in [1.807, 2.05) is 22.6 Å². The van der Waals surface area contributed by atoms with Gasteiger partial charge in [0.05, 0.1) is 71.4 Å². The zero-order chi connectivity index (χ0) is 76.1. The van der Waals surface area contributed by atoms with Crippen molar-refractivity contribution in [1.29, 1.82) is 0 Å². The molecule has 1 aliphatic heterocycles. The second-order valence-electron chi connectivity index (χ2n) is 20.6. The number of rotatable bonds is 19. The van der Waals surface area contributed by atoms with Crippen LogP contribution in [0.25, 0.3) is 10.4 Å². The van der Waals surface area contributed by atoms with Crippen molar-refractivity contribution in [3.63, 3.8) is 0 Å². The Labute approximate surface area is 632 Å². The Morgan fingerprint density at radius 2 is 1.44 bits per heavy atom. The number of hydrazone groups is 1. The zero-order valence-corrected chi connectivity index (χ0v) is 64.2. The summed E-state index contributed by atoms with van der Waals surface area (Å²) < 4.78 is 157. The predicted octanol–water partition coefficient (Wildman–Crippen LogP) is 7.65. The van der Waals surface area contributed by atoms with Gasteiger partial charge in [0.1, 0.15) is 34.0 Å². The molecule has 43 heteroatoms. The number of sulfone groups is 1. The van der Waals surface area contributed by atoms with Crippen molar-refractivity contribution in [2.75, 3.05) is 50.6 Å². The number of benzene rings is 4. The molecule has 7 aromatic rings. The van der Waals surface area contributed by atoms with Crippen molar-refractivity contribution < 1.29 is 130 Å². The predicted molar refractivity (Wildman–Crippen MR) is 360 cm³/mol. The number of hydrogen-bond donors (Lipinski definition) is 2. The van der Waals surface area contributed by atoms with Gasteiger partial charge in [-0.05, 0) is 143 Å². The van der Waals surface area contributed by atoms with Gasteiger partial charge in [-0.15, -0.1) is 16.7 Å². The van der Waals surface area contributed by atoms with Crippen molar-refractivity contribution >= 4 is 142 Å². The molecule has 0 aliphatic carbocycles. The van der Waals surface area contributed by atoms with E-state index >= 15 is 0 Å². The summed E-state index contributed by atoms with van der Waals surface area (Å²) in [5.74, 6) is -5.29. The van der Waals surface area contributed by atoms with Crippen molar-refractivity contribution in [2.45, 2.75) is 94.7 Å². The molecule has 0 saturated carbocycles. The molecule has 4 heterocycles. The minimum Gasteiger partial charge on any atom is -0.493 e. The molecule has 2 amide bonds. The summed E-state index contributed by atoms with van der Waals surface area (Å²) in [5, 5.41) is 24.8. The second kappa shape index (κ2) is 36.6. The van der Waals surface area contributed by atoms with Crippen LogP contribution in [0.2, 0.25) is 15.1 Å². The summed E-state index contributed by atoms with van der Waals surface area (Å²) in [5.41, 5.74) is -4.00. The Kier molecular flexibility index (Phi) is 31.1. The Hall–Kier alpha value is -7.70. The average Bonchev–Trinajstić information content (AvgIpc) is 1.59. The molecule has 0 fully saturated rings. The Balaban J connectivity index is 0.000000288. The molecular formula is C59H58Cl4F6IN12NaO17S2. The molecule has 4 aromatic carbocycles. The molecule has 8 rings (SSSR count). The number of nitrogens with one attached hydrogen (secondary N) is 1. The molecule has 546 valence electrons. The first-order chi connectivity index (χ1) is 47.0. The molecule has 0 radical (unpaired) electrons. The summed E-state index contributed by atoms with van der Waals surface area (Å²) >= 11 is 25.9. The molecule has 3 aromatic heterocycles. The molecule has 2 atom stereocenters. The Morgan fingerprint density at radius 3 is 1.98 bits per heavy atom. The van der Waals surface area contributed by atoms with Crippen LogP contribution in [0.5, 0.6) is 11.9 Å². The van der Waals surface area contributed by atoms with Crippen molar-refractivity contribution in [3.8, 4) is 17.6 Å². The summed E-state index contributed by atoms with van der Waals surface area (Å²) in [6.07, 6.45) is -4.11. The molecule has 0 spiro atoms. The molecule has 1 aliphatic rings. The maximum Gasteiger partial charge on any atom is 1.00 e. The molecule has 2 unspecified atom stereocenters. The Bertz CT molecular complexity index is 4670. The third kappa shape index (κ3) is 21.7. The minimum atomic E-state index is -4.76. The third-order valence-electron chi connectivity index (χ3n) is 13.4. The number of anilines is 2. The standard InChI is InChI=1S/C16H18Cl2N2O4.C15H14Cl2F3N3O3.C14H13F3N2O4S.C14H14IN5O6S.Na/c1-4-23-14(21)12-9-16(3,15(22)24-5-2)20(19-12)13-7-6-10(17)8-11(13)18;1-3-26-13(24)10(17)4-8-5-12(11(18)6-9(8)16)23-15(25)22(14(19)20)7(2)21-23;1-7-11(13(21)19(2)18-7)12(20)9-5-4-8(14(15,16)17)6-10(9)24(3,22)23;1-7-16-12(19-14(17-7)26-3)18-13(22)20-27(23,24)10-6-8(15)4-5-9(10)11(21)25-2;/h6-8H,4-5,9H2,1-3H3;5-6,10,14H,3-4H2,1-2H3;4-6,21H,1-3H3;4-6H,1-3H3,(H2,16,17,18,19,20,22);/q;;;;+1/p-1. The maximum absolute atomic E-state index is 14.2. The third-order valence-corrected chi connectivity index (χ3v) is 17.7. The van der Waals surface area contributed by atoms with Crippen LogP contribution in [0.4, 0.5) is 42.8 Å². The van der Waals surface area contributed by atoms with E-state index in [0.29, 0.717) is 42.4 Å². The van der Waals surface area contributed by atoms with Crippen LogP contribution in [0.3, 0.4) is 0 Å². The number of aromatic nitrogens is 8.